The molecule has 2 nitrogen and oxygen atoms in total. The number of benzene rings is 1. The van der Waals surface area contributed by atoms with E-state index in [9.17, 15) is 4.79 Å². The third kappa shape index (κ3) is 3.58. The smallest absolute Gasteiger partial charge is 0.223 e. The van der Waals surface area contributed by atoms with Crippen LogP contribution in [0.4, 0.5) is 0 Å². The Morgan fingerprint density at radius 2 is 1.83 bits per heavy atom. The molecule has 18 heavy (non-hydrogen) atoms. The Balaban J connectivity index is 1.91. The van der Waals surface area contributed by atoms with E-state index < -0.39 is 0 Å². The number of hydrogen-bond acceptors (Lipinski definition) is 1. The molecule has 98 valence electrons. The number of carbonyl (C=O) groups excluding carboxylic acids is 1. The van der Waals surface area contributed by atoms with Gasteiger partial charge in [0.1, 0.15) is 0 Å². The predicted octanol–water partition coefficient (Wildman–Crippen LogP) is 4.21. The number of carbonyl (C=O) groups is 1. The average molecular weight is 310 g/mol. The summed E-state index contributed by atoms with van der Waals surface area (Å²) in [4.78, 5) is 12.1. The second kappa shape index (κ2) is 6.37. The largest absolute Gasteiger partial charge is 0.349 e. The summed E-state index contributed by atoms with van der Waals surface area (Å²) in [5.74, 6) is 0.460. The van der Waals surface area contributed by atoms with E-state index >= 15 is 0 Å². The lowest BCUT2D eigenvalue weighted by molar-refractivity contribution is -0.126. The maximum atomic E-state index is 12.1. The standard InChI is InChI=1S/C15H20BrNO/c1-11(12-7-9-14(16)10-8-12)17-15(18)13-5-3-2-4-6-13/h7-11,13H,2-6H2,1H3,(H,17,18). The molecule has 0 spiro atoms. The van der Waals surface area contributed by atoms with Gasteiger partial charge in [-0.05, 0) is 37.5 Å². The molecule has 0 aliphatic heterocycles. The van der Waals surface area contributed by atoms with Crippen molar-refractivity contribution in [2.45, 2.75) is 45.1 Å². The number of halogens is 1. The molecule has 1 aromatic rings. The van der Waals surface area contributed by atoms with Crippen molar-refractivity contribution >= 4 is 21.8 Å². The van der Waals surface area contributed by atoms with E-state index in [-0.39, 0.29) is 17.9 Å². The van der Waals surface area contributed by atoms with Gasteiger partial charge in [-0.1, -0.05) is 47.3 Å². The molecule has 1 N–H and O–H groups in total. The highest BCUT2D eigenvalue weighted by Gasteiger charge is 2.22. The number of hydrogen-bond donors (Lipinski definition) is 1. The zero-order valence-corrected chi connectivity index (χ0v) is 12.4. The first-order valence-corrected chi connectivity index (χ1v) is 7.52. The minimum absolute atomic E-state index is 0.0903. The molecule has 0 saturated heterocycles. The molecule has 1 saturated carbocycles. The van der Waals surface area contributed by atoms with Gasteiger partial charge in [0.15, 0.2) is 0 Å². The first-order valence-electron chi connectivity index (χ1n) is 6.72. The van der Waals surface area contributed by atoms with E-state index in [0.29, 0.717) is 0 Å². The minimum atomic E-state index is 0.0903. The van der Waals surface area contributed by atoms with Crippen LogP contribution in [0.15, 0.2) is 28.7 Å². The number of amides is 1. The van der Waals surface area contributed by atoms with Crippen LogP contribution in [0.1, 0.15) is 50.6 Å². The average Bonchev–Trinajstić information content (AvgIpc) is 2.40. The maximum absolute atomic E-state index is 12.1. The van der Waals surface area contributed by atoms with Crippen LogP contribution in [0.2, 0.25) is 0 Å². The summed E-state index contributed by atoms with van der Waals surface area (Å²) in [5, 5.41) is 3.13. The molecule has 1 unspecified atom stereocenters. The summed E-state index contributed by atoms with van der Waals surface area (Å²) in [6.07, 6.45) is 5.79. The van der Waals surface area contributed by atoms with Crippen molar-refractivity contribution in [2.24, 2.45) is 5.92 Å². The Bertz CT molecular complexity index is 395. The molecule has 2 rings (SSSR count). The molecular formula is C15H20BrNO. The maximum Gasteiger partial charge on any atom is 0.223 e. The van der Waals surface area contributed by atoms with Gasteiger partial charge in [-0.3, -0.25) is 4.79 Å². The highest BCUT2D eigenvalue weighted by atomic mass is 79.9. The van der Waals surface area contributed by atoms with E-state index in [2.05, 4.69) is 33.4 Å². The fourth-order valence-corrected chi connectivity index (χ4v) is 2.80. The van der Waals surface area contributed by atoms with Crippen molar-refractivity contribution < 1.29 is 4.79 Å². The minimum Gasteiger partial charge on any atom is -0.349 e. The van der Waals surface area contributed by atoms with Crippen LogP contribution < -0.4 is 5.32 Å². The SMILES string of the molecule is CC(NC(=O)C1CCCCC1)c1ccc(Br)cc1. The van der Waals surface area contributed by atoms with Gasteiger partial charge in [0.25, 0.3) is 0 Å². The second-order valence-corrected chi connectivity index (χ2v) is 6.03. The third-order valence-corrected chi connectivity index (χ3v) is 4.23. The van der Waals surface area contributed by atoms with Crippen LogP contribution in [0.25, 0.3) is 0 Å². The van der Waals surface area contributed by atoms with Crippen molar-refractivity contribution in [3.8, 4) is 0 Å². The first kappa shape index (κ1) is 13.6. The van der Waals surface area contributed by atoms with Crippen molar-refractivity contribution in [1.29, 1.82) is 0 Å². The van der Waals surface area contributed by atoms with E-state index in [0.717, 1.165) is 22.9 Å². The van der Waals surface area contributed by atoms with Crippen LogP contribution in [0.5, 0.6) is 0 Å². The molecule has 1 amide bonds. The molecule has 1 aliphatic carbocycles. The van der Waals surface area contributed by atoms with E-state index in [4.69, 9.17) is 0 Å². The van der Waals surface area contributed by atoms with Gasteiger partial charge < -0.3 is 5.32 Å². The lowest BCUT2D eigenvalue weighted by Gasteiger charge is -2.23. The molecule has 1 fully saturated rings. The Kier molecular flexibility index (Phi) is 4.81. The molecule has 1 atom stereocenters. The van der Waals surface area contributed by atoms with E-state index in [1.165, 1.54) is 19.3 Å². The highest BCUT2D eigenvalue weighted by molar-refractivity contribution is 9.10. The summed E-state index contributed by atoms with van der Waals surface area (Å²) >= 11 is 3.42. The zero-order chi connectivity index (χ0) is 13.0. The molecule has 0 aromatic heterocycles. The lowest BCUT2D eigenvalue weighted by Crippen LogP contribution is -2.33. The van der Waals surface area contributed by atoms with Crippen LogP contribution in [0.3, 0.4) is 0 Å². The van der Waals surface area contributed by atoms with Gasteiger partial charge in [-0.15, -0.1) is 0 Å². The van der Waals surface area contributed by atoms with Crippen LogP contribution in [0, 0.1) is 5.92 Å². The van der Waals surface area contributed by atoms with Crippen LogP contribution >= 0.6 is 15.9 Å². The quantitative estimate of drug-likeness (QED) is 0.890. The Morgan fingerprint density at radius 3 is 2.44 bits per heavy atom. The summed E-state index contributed by atoms with van der Waals surface area (Å²) in [5.41, 5.74) is 1.15. The zero-order valence-electron chi connectivity index (χ0n) is 10.8. The van der Waals surface area contributed by atoms with Crippen molar-refractivity contribution in [3.05, 3.63) is 34.3 Å². The summed E-state index contributed by atoms with van der Waals surface area (Å²) in [6.45, 7) is 2.05. The number of rotatable bonds is 3. The first-order chi connectivity index (χ1) is 8.66. The molecule has 0 radical (unpaired) electrons. The fourth-order valence-electron chi connectivity index (χ4n) is 2.53. The van der Waals surface area contributed by atoms with Gasteiger partial charge in [-0.25, -0.2) is 0 Å². The Hall–Kier alpha value is -0.830. The van der Waals surface area contributed by atoms with Gasteiger partial charge in [0.2, 0.25) is 5.91 Å². The second-order valence-electron chi connectivity index (χ2n) is 5.12. The van der Waals surface area contributed by atoms with Crippen molar-refractivity contribution in [3.63, 3.8) is 0 Å². The Labute approximate surface area is 117 Å². The van der Waals surface area contributed by atoms with Crippen LogP contribution in [-0.4, -0.2) is 5.91 Å². The van der Waals surface area contributed by atoms with Crippen LogP contribution in [-0.2, 0) is 4.79 Å². The Morgan fingerprint density at radius 1 is 1.22 bits per heavy atom. The van der Waals surface area contributed by atoms with Crippen molar-refractivity contribution in [1.82, 2.24) is 5.32 Å². The number of nitrogens with one attached hydrogen (secondary N) is 1. The molecular weight excluding hydrogens is 290 g/mol. The van der Waals surface area contributed by atoms with Gasteiger partial charge in [0.05, 0.1) is 6.04 Å². The van der Waals surface area contributed by atoms with Crippen molar-refractivity contribution in [2.75, 3.05) is 0 Å². The van der Waals surface area contributed by atoms with E-state index in [1.54, 1.807) is 0 Å². The predicted molar refractivity (Wildman–Crippen MR) is 77.3 cm³/mol. The summed E-state index contributed by atoms with van der Waals surface area (Å²) in [6, 6.07) is 8.22. The third-order valence-electron chi connectivity index (χ3n) is 3.70. The summed E-state index contributed by atoms with van der Waals surface area (Å²) in [7, 11) is 0. The normalized spacial score (nSPS) is 18.3. The molecule has 0 bridgehead atoms. The van der Waals surface area contributed by atoms with E-state index in [1.807, 2.05) is 19.1 Å². The topological polar surface area (TPSA) is 29.1 Å². The molecule has 1 aliphatic rings. The molecule has 1 aromatic carbocycles. The van der Waals surface area contributed by atoms with Gasteiger partial charge in [0, 0.05) is 10.4 Å². The molecule has 3 heteroatoms. The lowest BCUT2D eigenvalue weighted by atomic mass is 9.88. The fraction of sp³-hybridized carbons (Fsp3) is 0.533. The summed E-state index contributed by atoms with van der Waals surface area (Å²) < 4.78 is 1.07. The molecule has 0 heterocycles. The highest BCUT2D eigenvalue weighted by Crippen LogP contribution is 2.25. The monoisotopic (exact) mass is 309 g/mol. The van der Waals surface area contributed by atoms with Gasteiger partial charge in [-0.2, -0.15) is 0 Å². The van der Waals surface area contributed by atoms with Gasteiger partial charge >= 0.3 is 0 Å².